The van der Waals surface area contributed by atoms with Crippen molar-refractivity contribution in [2.45, 2.75) is 13.3 Å². The number of rotatable bonds is 2. The van der Waals surface area contributed by atoms with E-state index in [-0.39, 0.29) is 0 Å². The van der Waals surface area contributed by atoms with Gasteiger partial charge in [0, 0.05) is 6.20 Å². The Balaban J connectivity index is 2.86. The van der Waals surface area contributed by atoms with Crippen molar-refractivity contribution in [2.75, 3.05) is 0 Å². The minimum atomic E-state index is 0.924. The highest BCUT2D eigenvalue weighted by Crippen LogP contribution is 1.91. The third-order valence-electron chi connectivity index (χ3n) is 1.11. The second-order valence-corrected chi connectivity index (χ2v) is 1.73. The van der Waals surface area contributed by atoms with Gasteiger partial charge in [-0.15, -0.1) is 5.10 Å². The molecule has 0 bridgehead atoms. The van der Waals surface area contributed by atoms with Crippen LogP contribution in [-0.4, -0.2) is 15.0 Å². The second kappa shape index (κ2) is 2.44. The van der Waals surface area contributed by atoms with E-state index in [2.05, 4.69) is 16.9 Å². The average molecular weight is 123 g/mol. The molecule has 1 rings (SSSR count). The van der Waals surface area contributed by atoms with E-state index in [1.54, 1.807) is 10.9 Å². The third-order valence-corrected chi connectivity index (χ3v) is 1.11. The van der Waals surface area contributed by atoms with Crippen LogP contribution in [0.4, 0.5) is 0 Å². The van der Waals surface area contributed by atoms with E-state index in [4.69, 9.17) is 0 Å². The zero-order chi connectivity index (χ0) is 6.69. The molecule has 1 aromatic heterocycles. The fourth-order valence-electron chi connectivity index (χ4n) is 0.565. The molecule has 0 aliphatic carbocycles. The molecule has 0 fully saturated rings. The Morgan fingerprint density at radius 2 is 2.67 bits per heavy atom. The zero-order valence-electron chi connectivity index (χ0n) is 5.41. The third kappa shape index (κ3) is 1.16. The van der Waals surface area contributed by atoms with Crippen LogP contribution in [0.15, 0.2) is 12.8 Å². The van der Waals surface area contributed by atoms with E-state index in [0.29, 0.717) is 0 Å². The van der Waals surface area contributed by atoms with Gasteiger partial charge in [0.1, 0.15) is 0 Å². The van der Waals surface area contributed by atoms with Crippen LogP contribution in [0.5, 0.6) is 0 Å². The Labute approximate surface area is 54.0 Å². The van der Waals surface area contributed by atoms with Crippen LogP contribution in [0.1, 0.15) is 12.6 Å². The number of hydrogen-bond acceptors (Lipinski definition) is 2. The monoisotopic (exact) mass is 123 g/mol. The molecule has 0 saturated carbocycles. The Morgan fingerprint density at radius 1 is 1.89 bits per heavy atom. The minimum absolute atomic E-state index is 0.924. The fourth-order valence-corrected chi connectivity index (χ4v) is 0.565. The summed E-state index contributed by atoms with van der Waals surface area (Å²) in [5, 5.41) is 7.60. The summed E-state index contributed by atoms with van der Waals surface area (Å²) in [6, 6.07) is 0. The smallest absolute Gasteiger partial charge is 0.0828 e. The van der Waals surface area contributed by atoms with Crippen molar-refractivity contribution < 1.29 is 0 Å². The molecular weight excluding hydrogens is 114 g/mol. The Bertz CT molecular complexity index is 202. The van der Waals surface area contributed by atoms with E-state index >= 15 is 0 Å². The van der Waals surface area contributed by atoms with Crippen LogP contribution in [0.25, 0.3) is 6.20 Å². The molecule has 3 heteroatoms. The van der Waals surface area contributed by atoms with Gasteiger partial charge in [-0.1, -0.05) is 18.7 Å². The lowest BCUT2D eigenvalue weighted by molar-refractivity contribution is 0.832. The number of hydrogen-bond donors (Lipinski definition) is 0. The lowest BCUT2D eigenvalue weighted by Crippen LogP contribution is -1.83. The summed E-state index contributed by atoms with van der Waals surface area (Å²) in [5.74, 6) is 0. The lowest BCUT2D eigenvalue weighted by atomic mass is 10.4. The standard InChI is InChI=1S/C6H9N3/c1-3-6-5-9(4-2)8-7-6/h4-5H,2-3H2,1H3. The van der Waals surface area contributed by atoms with Crippen LogP contribution in [0.2, 0.25) is 0 Å². The topological polar surface area (TPSA) is 30.7 Å². The molecule has 1 aromatic rings. The first-order valence-corrected chi connectivity index (χ1v) is 2.90. The van der Waals surface area contributed by atoms with Crippen molar-refractivity contribution in [1.82, 2.24) is 15.0 Å². The maximum atomic E-state index is 3.85. The first-order valence-electron chi connectivity index (χ1n) is 2.90. The first kappa shape index (κ1) is 6.01. The van der Waals surface area contributed by atoms with Crippen LogP contribution in [0.3, 0.4) is 0 Å². The summed E-state index contributed by atoms with van der Waals surface area (Å²) in [6.07, 6.45) is 4.40. The van der Waals surface area contributed by atoms with Gasteiger partial charge in [-0.05, 0) is 6.42 Å². The molecule has 1 heterocycles. The number of aryl methyl sites for hydroxylation is 1. The molecule has 0 atom stereocenters. The van der Waals surface area contributed by atoms with Crippen LogP contribution >= 0.6 is 0 Å². The summed E-state index contributed by atoms with van der Waals surface area (Å²) in [4.78, 5) is 0. The largest absolute Gasteiger partial charge is 0.228 e. The quantitative estimate of drug-likeness (QED) is 0.586. The van der Waals surface area contributed by atoms with Gasteiger partial charge in [-0.3, -0.25) is 0 Å². The average Bonchev–Trinajstić information content (AvgIpc) is 2.34. The van der Waals surface area contributed by atoms with Gasteiger partial charge < -0.3 is 0 Å². The molecule has 9 heavy (non-hydrogen) atoms. The summed E-state index contributed by atoms with van der Waals surface area (Å²) >= 11 is 0. The minimum Gasteiger partial charge on any atom is -0.228 e. The molecule has 0 aliphatic rings. The molecule has 0 aromatic carbocycles. The highest BCUT2D eigenvalue weighted by Gasteiger charge is 1.91. The van der Waals surface area contributed by atoms with Crippen molar-refractivity contribution in [2.24, 2.45) is 0 Å². The molecule has 0 unspecified atom stereocenters. The van der Waals surface area contributed by atoms with Crippen molar-refractivity contribution in [3.63, 3.8) is 0 Å². The van der Waals surface area contributed by atoms with Crippen LogP contribution in [0, 0.1) is 0 Å². The first-order chi connectivity index (χ1) is 4.36. The van der Waals surface area contributed by atoms with E-state index in [9.17, 15) is 0 Å². The molecule has 0 N–H and O–H groups in total. The predicted molar refractivity (Wildman–Crippen MR) is 35.8 cm³/mol. The van der Waals surface area contributed by atoms with E-state index in [1.807, 2.05) is 13.1 Å². The summed E-state index contributed by atoms with van der Waals surface area (Å²) in [6.45, 7) is 5.58. The molecule has 0 amide bonds. The van der Waals surface area contributed by atoms with Gasteiger partial charge in [0.2, 0.25) is 0 Å². The number of nitrogens with zero attached hydrogens (tertiary/aromatic N) is 3. The van der Waals surface area contributed by atoms with Gasteiger partial charge in [0.05, 0.1) is 11.9 Å². The Kier molecular flexibility index (Phi) is 1.63. The highest BCUT2D eigenvalue weighted by atomic mass is 15.4. The Morgan fingerprint density at radius 3 is 3.00 bits per heavy atom. The SMILES string of the molecule is C=Cn1cc(CC)nn1. The van der Waals surface area contributed by atoms with Crippen molar-refractivity contribution in [3.8, 4) is 0 Å². The molecule has 0 radical (unpaired) electrons. The molecule has 0 aliphatic heterocycles. The number of aromatic nitrogens is 3. The molecule has 0 spiro atoms. The summed E-state index contributed by atoms with van der Waals surface area (Å²) < 4.78 is 1.60. The van der Waals surface area contributed by atoms with Gasteiger partial charge in [0.15, 0.2) is 0 Å². The maximum absolute atomic E-state index is 3.85. The van der Waals surface area contributed by atoms with E-state index in [1.165, 1.54) is 0 Å². The van der Waals surface area contributed by atoms with Crippen molar-refractivity contribution >= 4 is 6.20 Å². The maximum Gasteiger partial charge on any atom is 0.0828 e. The Hall–Kier alpha value is -1.12. The van der Waals surface area contributed by atoms with Crippen LogP contribution < -0.4 is 0 Å². The lowest BCUT2D eigenvalue weighted by Gasteiger charge is -1.80. The van der Waals surface area contributed by atoms with E-state index in [0.717, 1.165) is 12.1 Å². The molecule has 3 nitrogen and oxygen atoms in total. The summed E-state index contributed by atoms with van der Waals surface area (Å²) in [7, 11) is 0. The van der Waals surface area contributed by atoms with Gasteiger partial charge in [0.25, 0.3) is 0 Å². The predicted octanol–water partition coefficient (Wildman–Crippen LogP) is 0.941. The highest BCUT2D eigenvalue weighted by molar-refractivity contribution is 5.13. The van der Waals surface area contributed by atoms with Gasteiger partial charge >= 0.3 is 0 Å². The summed E-state index contributed by atoms with van der Waals surface area (Å²) in [5.41, 5.74) is 0.995. The normalized spacial score (nSPS) is 9.44. The molecule has 48 valence electrons. The van der Waals surface area contributed by atoms with Gasteiger partial charge in [-0.25, -0.2) is 4.68 Å². The van der Waals surface area contributed by atoms with Crippen molar-refractivity contribution in [3.05, 3.63) is 18.5 Å². The second-order valence-electron chi connectivity index (χ2n) is 1.73. The van der Waals surface area contributed by atoms with E-state index < -0.39 is 0 Å². The fraction of sp³-hybridized carbons (Fsp3) is 0.333. The molecular formula is C6H9N3. The van der Waals surface area contributed by atoms with Crippen LogP contribution in [-0.2, 0) is 6.42 Å². The van der Waals surface area contributed by atoms with Gasteiger partial charge in [-0.2, -0.15) is 0 Å². The van der Waals surface area contributed by atoms with Crippen molar-refractivity contribution in [1.29, 1.82) is 0 Å². The zero-order valence-corrected chi connectivity index (χ0v) is 5.41. The molecule has 0 saturated heterocycles.